The molecule has 1 unspecified atom stereocenters. The van der Waals surface area contributed by atoms with Crippen molar-refractivity contribution in [2.24, 2.45) is 0 Å². The van der Waals surface area contributed by atoms with E-state index < -0.39 is 0 Å². The van der Waals surface area contributed by atoms with Crippen LogP contribution in [0, 0.1) is 5.82 Å². The van der Waals surface area contributed by atoms with Gasteiger partial charge in [0.1, 0.15) is 5.82 Å². The highest BCUT2D eigenvalue weighted by Gasteiger charge is 2.11. The lowest BCUT2D eigenvalue weighted by atomic mass is 10.1. The number of ether oxygens (including phenoxy) is 1. The molecular weight excluding hydrogens is 241 g/mol. The number of halogens is 2. The van der Waals surface area contributed by atoms with Crippen molar-refractivity contribution in [2.75, 3.05) is 13.2 Å². The Kier molecular flexibility index (Phi) is 6.48. The first-order valence-corrected chi connectivity index (χ1v) is 5.90. The molecule has 17 heavy (non-hydrogen) atoms. The van der Waals surface area contributed by atoms with E-state index in [9.17, 15) is 4.39 Å². The van der Waals surface area contributed by atoms with Crippen molar-refractivity contribution >= 4 is 12.4 Å². The fourth-order valence-corrected chi connectivity index (χ4v) is 2.01. The molecule has 2 rings (SSSR count). The molecule has 1 aromatic carbocycles. The van der Waals surface area contributed by atoms with Crippen LogP contribution < -0.4 is 5.32 Å². The minimum atomic E-state index is -0.197. The molecule has 0 amide bonds. The van der Waals surface area contributed by atoms with E-state index in [1.54, 1.807) is 6.07 Å². The second-order valence-electron chi connectivity index (χ2n) is 4.29. The van der Waals surface area contributed by atoms with E-state index in [0.29, 0.717) is 12.6 Å². The van der Waals surface area contributed by atoms with Crippen LogP contribution in [0.15, 0.2) is 24.3 Å². The van der Waals surface area contributed by atoms with Gasteiger partial charge in [-0.2, -0.15) is 0 Å². The maximum absolute atomic E-state index is 12.9. The first kappa shape index (κ1) is 14.4. The molecule has 1 fully saturated rings. The van der Waals surface area contributed by atoms with Gasteiger partial charge in [0.25, 0.3) is 0 Å². The monoisotopic (exact) mass is 259 g/mol. The van der Waals surface area contributed by atoms with Gasteiger partial charge in [-0.25, -0.2) is 4.39 Å². The van der Waals surface area contributed by atoms with E-state index >= 15 is 0 Å². The normalized spacial score (nSPS) is 19.7. The van der Waals surface area contributed by atoms with Crippen molar-refractivity contribution in [1.82, 2.24) is 5.32 Å². The number of piperidine rings is 1. The summed E-state index contributed by atoms with van der Waals surface area (Å²) < 4.78 is 18.5. The van der Waals surface area contributed by atoms with Gasteiger partial charge in [-0.05, 0) is 37.1 Å². The highest BCUT2D eigenvalue weighted by molar-refractivity contribution is 5.85. The first-order valence-electron chi connectivity index (χ1n) is 5.90. The molecule has 2 nitrogen and oxygen atoms in total. The highest BCUT2D eigenvalue weighted by Crippen LogP contribution is 2.09. The van der Waals surface area contributed by atoms with Gasteiger partial charge in [-0.1, -0.05) is 18.6 Å². The predicted molar refractivity (Wildman–Crippen MR) is 68.9 cm³/mol. The van der Waals surface area contributed by atoms with E-state index in [0.717, 1.165) is 18.7 Å². The second kappa shape index (κ2) is 7.64. The lowest BCUT2D eigenvalue weighted by molar-refractivity contribution is 0.0910. The Morgan fingerprint density at radius 2 is 2.24 bits per heavy atom. The van der Waals surface area contributed by atoms with Crippen LogP contribution >= 0.6 is 12.4 Å². The zero-order valence-electron chi connectivity index (χ0n) is 9.82. The van der Waals surface area contributed by atoms with Gasteiger partial charge in [-0.15, -0.1) is 12.4 Å². The van der Waals surface area contributed by atoms with Gasteiger partial charge in [0.05, 0.1) is 13.2 Å². The van der Waals surface area contributed by atoms with Gasteiger partial charge in [0.15, 0.2) is 0 Å². The molecule has 1 atom stereocenters. The fraction of sp³-hybridized carbons (Fsp3) is 0.538. The lowest BCUT2D eigenvalue weighted by Crippen LogP contribution is -2.37. The summed E-state index contributed by atoms with van der Waals surface area (Å²) in [7, 11) is 0. The summed E-state index contributed by atoms with van der Waals surface area (Å²) in [5.41, 5.74) is 0.899. The topological polar surface area (TPSA) is 21.3 Å². The summed E-state index contributed by atoms with van der Waals surface area (Å²) >= 11 is 0. The van der Waals surface area contributed by atoms with Crippen molar-refractivity contribution < 1.29 is 9.13 Å². The molecule has 96 valence electrons. The van der Waals surface area contributed by atoms with E-state index in [-0.39, 0.29) is 18.2 Å². The van der Waals surface area contributed by atoms with E-state index in [1.807, 2.05) is 6.07 Å². The zero-order chi connectivity index (χ0) is 11.2. The molecule has 0 bridgehead atoms. The van der Waals surface area contributed by atoms with Gasteiger partial charge >= 0.3 is 0 Å². The van der Waals surface area contributed by atoms with Crippen LogP contribution in [0.2, 0.25) is 0 Å². The number of nitrogens with one attached hydrogen (secondary N) is 1. The number of hydrogen-bond donors (Lipinski definition) is 1. The summed E-state index contributed by atoms with van der Waals surface area (Å²) in [6, 6.07) is 7.05. The summed E-state index contributed by atoms with van der Waals surface area (Å²) in [6.45, 7) is 2.31. The van der Waals surface area contributed by atoms with Crippen LogP contribution in [-0.2, 0) is 11.3 Å². The molecule has 1 aliphatic rings. The summed E-state index contributed by atoms with van der Waals surface area (Å²) in [4.78, 5) is 0. The molecule has 0 aromatic heterocycles. The van der Waals surface area contributed by atoms with Gasteiger partial charge in [0.2, 0.25) is 0 Å². The smallest absolute Gasteiger partial charge is 0.123 e. The largest absolute Gasteiger partial charge is 0.375 e. The molecule has 1 aromatic rings. The van der Waals surface area contributed by atoms with E-state index in [4.69, 9.17) is 4.74 Å². The Morgan fingerprint density at radius 3 is 2.94 bits per heavy atom. The van der Waals surface area contributed by atoms with Gasteiger partial charge in [0, 0.05) is 6.04 Å². The first-order chi connectivity index (χ1) is 7.84. The summed E-state index contributed by atoms with van der Waals surface area (Å²) in [5, 5.41) is 3.42. The Morgan fingerprint density at radius 1 is 1.35 bits per heavy atom. The molecular formula is C13H19ClFNO. The van der Waals surface area contributed by atoms with Crippen LogP contribution in [0.5, 0.6) is 0 Å². The van der Waals surface area contributed by atoms with Crippen molar-refractivity contribution in [3.8, 4) is 0 Å². The second-order valence-corrected chi connectivity index (χ2v) is 4.29. The van der Waals surface area contributed by atoms with Crippen molar-refractivity contribution in [3.05, 3.63) is 35.6 Å². The molecule has 0 saturated carbocycles. The predicted octanol–water partition coefficient (Wildman–Crippen LogP) is 2.91. The Hall–Kier alpha value is -0.640. The number of benzene rings is 1. The minimum Gasteiger partial charge on any atom is -0.375 e. The maximum atomic E-state index is 12.9. The van der Waals surface area contributed by atoms with Crippen LogP contribution in [-0.4, -0.2) is 19.2 Å². The quantitative estimate of drug-likeness (QED) is 0.898. The standard InChI is InChI=1S/C13H18FNO.ClH/c14-12-5-3-4-11(8-12)9-16-10-13-6-1-2-7-15-13;/h3-5,8,13,15H,1-2,6-7,9-10H2;1H. The summed E-state index contributed by atoms with van der Waals surface area (Å²) in [5.74, 6) is -0.197. The highest BCUT2D eigenvalue weighted by atomic mass is 35.5. The van der Waals surface area contributed by atoms with E-state index in [1.165, 1.54) is 31.4 Å². The molecule has 1 heterocycles. The molecule has 1 aliphatic heterocycles. The Labute approximate surface area is 108 Å². The maximum Gasteiger partial charge on any atom is 0.123 e. The molecule has 4 heteroatoms. The van der Waals surface area contributed by atoms with Crippen molar-refractivity contribution in [2.45, 2.75) is 31.9 Å². The van der Waals surface area contributed by atoms with Crippen LogP contribution in [0.3, 0.4) is 0 Å². The van der Waals surface area contributed by atoms with Crippen molar-refractivity contribution in [3.63, 3.8) is 0 Å². The average molecular weight is 260 g/mol. The number of rotatable bonds is 4. The van der Waals surface area contributed by atoms with Crippen LogP contribution in [0.1, 0.15) is 24.8 Å². The molecule has 0 aliphatic carbocycles. The van der Waals surface area contributed by atoms with Gasteiger partial charge < -0.3 is 10.1 Å². The van der Waals surface area contributed by atoms with Crippen LogP contribution in [0.25, 0.3) is 0 Å². The third kappa shape index (κ3) is 5.02. The Bertz CT molecular complexity index is 329. The third-order valence-electron chi connectivity index (χ3n) is 2.89. The van der Waals surface area contributed by atoms with Gasteiger partial charge in [-0.3, -0.25) is 0 Å². The molecule has 0 radical (unpaired) electrons. The summed E-state index contributed by atoms with van der Waals surface area (Å²) in [6.07, 6.45) is 3.73. The average Bonchev–Trinajstić information content (AvgIpc) is 2.30. The minimum absolute atomic E-state index is 0. The fourth-order valence-electron chi connectivity index (χ4n) is 2.01. The van der Waals surface area contributed by atoms with Crippen LogP contribution in [0.4, 0.5) is 4.39 Å². The Balaban J connectivity index is 0.00000144. The molecule has 0 spiro atoms. The number of hydrogen-bond acceptors (Lipinski definition) is 2. The lowest BCUT2D eigenvalue weighted by Gasteiger charge is -2.23. The molecule has 1 saturated heterocycles. The zero-order valence-corrected chi connectivity index (χ0v) is 10.6. The molecule has 1 N–H and O–H groups in total. The van der Waals surface area contributed by atoms with E-state index in [2.05, 4.69) is 5.32 Å². The van der Waals surface area contributed by atoms with Crippen molar-refractivity contribution in [1.29, 1.82) is 0 Å². The third-order valence-corrected chi connectivity index (χ3v) is 2.89. The SMILES string of the molecule is Cl.Fc1cccc(COCC2CCCCN2)c1.